The fraction of sp³-hybridized carbons (Fsp3) is 0.778. The van der Waals surface area contributed by atoms with E-state index < -0.39 is 24.0 Å². The molecule has 0 aromatic heterocycles. The van der Waals surface area contributed by atoms with Crippen LogP contribution in [0.25, 0.3) is 0 Å². The SMILES string of the molecule is NC(=O)C1COCCN1CC(O)CC(=O)O. The lowest BCUT2D eigenvalue weighted by atomic mass is 10.1. The largest absolute Gasteiger partial charge is 0.481 e. The average molecular weight is 232 g/mol. The predicted molar refractivity (Wildman–Crippen MR) is 53.6 cm³/mol. The van der Waals surface area contributed by atoms with Crippen molar-refractivity contribution in [2.24, 2.45) is 5.73 Å². The van der Waals surface area contributed by atoms with Crippen LogP contribution in [0.5, 0.6) is 0 Å². The highest BCUT2D eigenvalue weighted by molar-refractivity contribution is 5.80. The number of hydrogen-bond donors (Lipinski definition) is 3. The van der Waals surface area contributed by atoms with Crippen molar-refractivity contribution < 1.29 is 24.5 Å². The third-order valence-corrected chi connectivity index (χ3v) is 2.42. The second-order valence-electron chi connectivity index (χ2n) is 3.74. The summed E-state index contributed by atoms with van der Waals surface area (Å²) in [5.41, 5.74) is 5.18. The van der Waals surface area contributed by atoms with Gasteiger partial charge in [-0.05, 0) is 0 Å². The molecule has 92 valence electrons. The minimum absolute atomic E-state index is 0.114. The van der Waals surface area contributed by atoms with Gasteiger partial charge in [-0.2, -0.15) is 0 Å². The molecule has 0 saturated carbocycles. The number of rotatable bonds is 5. The van der Waals surface area contributed by atoms with Crippen LogP contribution in [0, 0.1) is 0 Å². The number of β-amino-alcohol motifs (C(OH)–C–C–N with tert-alkyl or cyclic N) is 1. The highest BCUT2D eigenvalue weighted by Gasteiger charge is 2.29. The summed E-state index contributed by atoms with van der Waals surface area (Å²) in [6.07, 6.45) is -1.35. The molecule has 0 bridgehead atoms. The van der Waals surface area contributed by atoms with Crippen molar-refractivity contribution in [3.63, 3.8) is 0 Å². The highest BCUT2D eigenvalue weighted by Crippen LogP contribution is 2.08. The van der Waals surface area contributed by atoms with Gasteiger partial charge in [-0.15, -0.1) is 0 Å². The van der Waals surface area contributed by atoms with E-state index >= 15 is 0 Å². The molecule has 0 aromatic carbocycles. The molecule has 2 unspecified atom stereocenters. The summed E-state index contributed by atoms with van der Waals surface area (Å²) in [7, 11) is 0. The van der Waals surface area contributed by atoms with Gasteiger partial charge in [0.1, 0.15) is 6.04 Å². The number of ether oxygens (including phenoxy) is 1. The predicted octanol–water partition coefficient (Wildman–Crippen LogP) is -1.99. The molecular formula is C9H16N2O5. The number of carboxylic acids is 1. The Bertz CT molecular complexity index is 271. The number of aliphatic carboxylic acids is 1. The number of morpholine rings is 1. The number of primary amides is 1. The van der Waals surface area contributed by atoms with Crippen molar-refractivity contribution >= 4 is 11.9 Å². The zero-order valence-corrected chi connectivity index (χ0v) is 8.83. The number of carbonyl (C=O) groups excluding carboxylic acids is 1. The third kappa shape index (κ3) is 3.76. The van der Waals surface area contributed by atoms with Gasteiger partial charge in [0.2, 0.25) is 5.91 Å². The van der Waals surface area contributed by atoms with E-state index in [2.05, 4.69) is 0 Å². The maximum absolute atomic E-state index is 11.1. The Labute approximate surface area is 92.8 Å². The Balaban J connectivity index is 2.49. The second-order valence-corrected chi connectivity index (χ2v) is 3.74. The zero-order chi connectivity index (χ0) is 12.1. The summed E-state index contributed by atoms with van der Waals surface area (Å²) in [5.74, 6) is -1.60. The van der Waals surface area contributed by atoms with Crippen LogP contribution in [0.3, 0.4) is 0 Å². The summed E-state index contributed by atoms with van der Waals surface area (Å²) in [5, 5.41) is 17.9. The molecule has 0 aliphatic carbocycles. The number of nitrogens with zero attached hydrogens (tertiary/aromatic N) is 1. The van der Waals surface area contributed by atoms with Crippen LogP contribution in [0.1, 0.15) is 6.42 Å². The molecule has 0 aromatic rings. The molecule has 16 heavy (non-hydrogen) atoms. The van der Waals surface area contributed by atoms with E-state index in [1.54, 1.807) is 4.90 Å². The molecule has 1 rings (SSSR count). The molecule has 1 fully saturated rings. The number of hydrogen-bond acceptors (Lipinski definition) is 5. The maximum atomic E-state index is 11.1. The van der Waals surface area contributed by atoms with Crippen molar-refractivity contribution in [2.45, 2.75) is 18.6 Å². The van der Waals surface area contributed by atoms with Gasteiger partial charge in [0.25, 0.3) is 0 Å². The molecule has 4 N–H and O–H groups in total. The smallest absolute Gasteiger partial charge is 0.306 e. The Hall–Kier alpha value is -1.18. The van der Waals surface area contributed by atoms with Gasteiger partial charge < -0.3 is 20.7 Å². The number of carbonyl (C=O) groups is 2. The van der Waals surface area contributed by atoms with Gasteiger partial charge in [0.05, 0.1) is 25.7 Å². The molecule has 7 heteroatoms. The van der Waals surface area contributed by atoms with E-state index in [0.717, 1.165) is 0 Å². The average Bonchev–Trinajstić information content (AvgIpc) is 2.16. The summed E-state index contributed by atoms with van der Waals surface area (Å²) in [4.78, 5) is 23.1. The first-order chi connectivity index (χ1) is 7.50. The molecule has 2 atom stereocenters. The van der Waals surface area contributed by atoms with Crippen LogP contribution in [-0.4, -0.2) is 65.4 Å². The van der Waals surface area contributed by atoms with Crippen molar-refractivity contribution in [3.8, 4) is 0 Å². The first-order valence-electron chi connectivity index (χ1n) is 5.01. The van der Waals surface area contributed by atoms with Crippen LogP contribution in [0.2, 0.25) is 0 Å². The van der Waals surface area contributed by atoms with Crippen LogP contribution in [0.15, 0.2) is 0 Å². The van der Waals surface area contributed by atoms with Gasteiger partial charge in [0, 0.05) is 13.1 Å². The first-order valence-corrected chi connectivity index (χ1v) is 5.01. The van der Waals surface area contributed by atoms with Crippen LogP contribution < -0.4 is 5.73 Å². The van der Waals surface area contributed by atoms with E-state index in [-0.39, 0.29) is 19.6 Å². The van der Waals surface area contributed by atoms with E-state index in [1.165, 1.54) is 0 Å². The quantitative estimate of drug-likeness (QED) is 0.505. The molecule has 1 heterocycles. The number of aliphatic hydroxyl groups excluding tert-OH is 1. The van der Waals surface area contributed by atoms with Gasteiger partial charge in [-0.3, -0.25) is 14.5 Å². The van der Waals surface area contributed by atoms with Gasteiger partial charge >= 0.3 is 5.97 Å². The van der Waals surface area contributed by atoms with Crippen LogP contribution in [0.4, 0.5) is 0 Å². The third-order valence-electron chi connectivity index (χ3n) is 2.42. The lowest BCUT2D eigenvalue weighted by molar-refractivity contribution is -0.140. The summed E-state index contributed by atoms with van der Waals surface area (Å²) in [6.45, 7) is 1.21. The number of amides is 1. The van der Waals surface area contributed by atoms with Crippen molar-refractivity contribution in [1.82, 2.24) is 4.90 Å². The fourth-order valence-corrected chi connectivity index (χ4v) is 1.66. The molecule has 0 radical (unpaired) electrons. The van der Waals surface area contributed by atoms with E-state index in [0.29, 0.717) is 13.2 Å². The molecule has 7 nitrogen and oxygen atoms in total. The van der Waals surface area contributed by atoms with E-state index in [9.17, 15) is 14.7 Å². The molecule has 1 aliphatic rings. The highest BCUT2D eigenvalue weighted by atomic mass is 16.5. The lowest BCUT2D eigenvalue weighted by Gasteiger charge is -2.34. The number of nitrogens with two attached hydrogens (primary N) is 1. The minimum Gasteiger partial charge on any atom is -0.481 e. The first kappa shape index (κ1) is 12.9. The molecule has 1 aliphatic heterocycles. The molecule has 1 amide bonds. The van der Waals surface area contributed by atoms with Gasteiger partial charge in [-0.25, -0.2) is 0 Å². The lowest BCUT2D eigenvalue weighted by Crippen LogP contribution is -2.54. The molecule has 1 saturated heterocycles. The number of carboxylic acid groups (broad SMARTS) is 1. The molecular weight excluding hydrogens is 216 g/mol. The zero-order valence-electron chi connectivity index (χ0n) is 8.83. The van der Waals surface area contributed by atoms with Crippen molar-refractivity contribution in [2.75, 3.05) is 26.3 Å². The summed E-state index contributed by atoms with van der Waals surface area (Å²) >= 11 is 0. The molecule has 0 spiro atoms. The normalized spacial score (nSPS) is 23.9. The van der Waals surface area contributed by atoms with E-state index in [1.807, 2.05) is 0 Å². The second kappa shape index (κ2) is 5.78. The van der Waals surface area contributed by atoms with Gasteiger partial charge in [-0.1, -0.05) is 0 Å². The Morgan fingerprint density at radius 1 is 1.56 bits per heavy atom. The monoisotopic (exact) mass is 232 g/mol. The van der Waals surface area contributed by atoms with Crippen LogP contribution in [-0.2, 0) is 14.3 Å². The Kier molecular flexibility index (Phi) is 4.66. The summed E-state index contributed by atoms with van der Waals surface area (Å²) in [6, 6.07) is -0.586. The maximum Gasteiger partial charge on any atom is 0.306 e. The minimum atomic E-state index is -1.07. The fourth-order valence-electron chi connectivity index (χ4n) is 1.66. The van der Waals surface area contributed by atoms with Crippen LogP contribution >= 0.6 is 0 Å². The van der Waals surface area contributed by atoms with E-state index in [4.69, 9.17) is 15.6 Å². The Morgan fingerprint density at radius 2 is 2.25 bits per heavy atom. The number of aliphatic hydroxyl groups is 1. The van der Waals surface area contributed by atoms with Crippen molar-refractivity contribution in [3.05, 3.63) is 0 Å². The topological polar surface area (TPSA) is 113 Å². The van der Waals surface area contributed by atoms with Crippen molar-refractivity contribution in [1.29, 1.82) is 0 Å². The Morgan fingerprint density at radius 3 is 2.81 bits per heavy atom. The standard InChI is InChI=1S/C9H16N2O5/c10-9(15)7-5-16-2-1-11(7)4-6(12)3-8(13)14/h6-7,12H,1-5H2,(H2,10,15)(H,13,14). The summed E-state index contributed by atoms with van der Waals surface area (Å²) < 4.78 is 5.10. The van der Waals surface area contributed by atoms with Gasteiger partial charge in [0.15, 0.2) is 0 Å².